The van der Waals surface area contributed by atoms with Crippen LogP contribution in [0.4, 0.5) is 0 Å². The van der Waals surface area contributed by atoms with Crippen LogP contribution >= 0.6 is 0 Å². The van der Waals surface area contributed by atoms with Gasteiger partial charge in [-0.1, -0.05) is 12.1 Å². The molecule has 82 valence electrons. The number of hydrogen-bond acceptors (Lipinski definition) is 5. The van der Waals surface area contributed by atoms with E-state index in [-0.39, 0.29) is 11.5 Å². The van der Waals surface area contributed by atoms with E-state index in [4.69, 9.17) is 5.11 Å². The molecule has 0 spiro atoms. The Morgan fingerprint density at radius 2 is 1.80 bits per heavy atom. The Morgan fingerprint density at radius 3 is 2.20 bits per heavy atom. The van der Waals surface area contributed by atoms with Gasteiger partial charge in [0.25, 0.3) is 0 Å². The summed E-state index contributed by atoms with van der Waals surface area (Å²) in [6.45, 7) is 0. The third kappa shape index (κ3) is 5.33. The predicted molar refractivity (Wildman–Crippen MR) is 57.5 cm³/mol. The van der Waals surface area contributed by atoms with Gasteiger partial charge in [0.15, 0.2) is 5.75 Å². The van der Waals surface area contributed by atoms with E-state index in [0.29, 0.717) is 23.2 Å². The first-order valence-corrected chi connectivity index (χ1v) is 10.3. The molecule has 1 aliphatic rings. The van der Waals surface area contributed by atoms with Crippen molar-refractivity contribution in [3.8, 4) is 11.5 Å². The zero-order valence-corrected chi connectivity index (χ0v) is 12.3. The second-order valence-electron chi connectivity index (χ2n) is 2.78. The van der Waals surface area contributed by atoms with Crippen molar-refractivity contribution in [2.45, 2.75) is 14.7 Å². The Morgan fingerprint density at radius 1 is 1.27 bits per heavy atom. The van der Waals surface area contributed by atoms with Gasteiger partial charge in [-0.15, -0.1) is 0 Å². The summed E-state index contributed by atoms with van der Waals surface area (Å²) >= 11 is 0.336. The SMILES string of the molecule is C1[CH2][Bi+][CH2]1.O=[S-](=O)Oc1ccccc1O. The normalized spacial score (nSPS) is 13.7. The molecular weight excluding hydrogens is 413 g/mol. The van der Waals surface area contributed by atoms with Gasteiger partial charge in [0, 0.05) is 0 Å². The monoisotopic (exact) mass is 424 g/mol. The van der Waals surface area contributed by atoms with E-state index >= 15 is 0 Å². The number of benzene rings is 1. The van der Waals surface area contributed by atoms with E-state index in [1.807, 2.05) is 0 Å². The average Bonchev–Trinajstić information content (AvgIpc) is 2.05. The van der Waals surface area contributed by atoms with Crippen LogP contribution in [0.25, 0.3) is 0 Å². The van der Waals surface area contributed by atoms with Crippen LogP contribution in [0.15, 0.2) is 24.3 Å². The topological polar surface area (TPSA) is 63.6 Å². The second-order valence-corrected chi connectivity index (χ2v) is 8.57. The predicted octanol–water partition coefficient (Wildman–Crippen LogP) is 1.93. The Hall–Kier alpha value is -0.347. The minimum absolute atomic E-state index is 0.0687. The Kier molecular flexibility index (Phi) is 5.95. The van der Waals surface area contributed by atoms with Gasteiger partial charge >= 0.3 is 37.9 Å². The fraction of sp³-hybridized carbons (Fsp3) is 0.333. The number of hydrogen-bond donors (Lipinski definition) is 1. The van der Waals surface area contributed by atoms with E-state index < -0.39 is 11.0 Å². The molecular formula is C9H11BiO4S. The minimum atomic E-state index is -2.64. The quantitative estimate of drug-likeness (QED) is 0.583. The fourth-order valence-electron chi connectivity index (χ4n) is 0.759. The summed E-state index contributed by atoms with van der Waals surface area (Å²) in [4.78, 5) is 0. The molecule has 15 heavy (non-hydrogen) atoms. The molecule has 6 heteroatoms. The van der Waals surface area contributed by atoms with Crippen LogP contribution in [0.5, 0.6) is 11.5 Å². The summed E-state index contributed by atoms with van der Waals surface area (Å²) in [5.41, 5.74) is 0. The molecule has 0 atom stereocenters. The molecule has 4 nitrogen and oxygen atoms in total. The minimum Gasteiger partial charge on any atom is -0.530 e. The maximum Gasteiger partial charge on any atom is 0.156 e. The molecule has 0 aliphatic carbocycles. The van der Waals surface area contributed by atoms with Crippen LogP contribution < -0.4 is 4.18 Å². The van der Waals surface area contributed by atoms with Crippen LogP contribution in [-0.2, 0) is 19.4 Å². The molecule has 0 aromatic heterocycles. The Bertz CT molecular complexity index is 362. The standard InChI is InChI=1S/C6H5O4S.C3H6.Bi/c7-5-3-1-2-4-6(5)10-11(8)9;1-3-2;/h1-4,7H;1-3H2;/q-1;;+1. The number of rotatable bonds is 2. The molecule has 1 saturated heterocycles. The van der Waals surface area contributed by atoms with Crippen LogP contribution in [0.2, 0.25) is 8.26 Å². The van der Waals surface area contributed by atoms with Gasteiger partial charge in [0.2, 0.25) is 0 Å². The summed E-state index contributed by atoms with van der Waals surface area (Å²) in [5, 5.41) is 8.96. The number of para-hydroxylation sites is 2. The first-order valence-electron chi connectivity index (χ1n) is 4.39. The van der Waals surface area contributed by atoms with Crippen molar-refractivity contribution in [1.82, 2.24) is 0 Å². The summed E-state index contributed by atoms with van der Waals surface area (Å²) in [5.74, 6) is -0.266. The molecule has 0 saturated carbocycles. The molecule has 1 aliphatic heterocycles. The van der Waals surface area contributed by atoms with Crippen LogP contribution in [0.3, 0.4) is 0 Å². The van der Waals surface area contributed by atoms with Gasteiger partial charge < -0.3 is 17.7 Å². The van der Waals surface area contributed by atoms with Gasteiger partial charge in [-0.2, -0.15) is 0 Å². The molecule has 1 heterocycles. The van der Waals surface area contributed by atoms with E-state index in [0.717, 1.165) is 0 Å². The molecule has 1 fully saturated rings. The molecule has 0 unspecified atom stereocenters. The first-order chi connectivity index (χ1) is 7.20. The average molecular weight is 424 g/mol. The number of aromatic hydroxyl groups is 1. The van der Waals surface area contributed by atoms with Gasteiger partial charge in [-0.05, 0) is 12.1 Å². The Labute approximate surface area is 102 Å². The van der Waals surface area contributed by atoms with Crippen molar-refractivity contribution in [2.75, 3.05) is 0 Å². The second kappa shape index (κ2) is 7.01. The van der Waals surface area contributed by atoms with Gasteiger partial charge in [-0.25, -0.2) is 0 Å². The molecule has 2 radical (unpaired) electrons. The van der Waals surface area contributed by atoms with Crippen molar-refractivity contribution in [3.05, 3.63) is 24.3 Å². The molecule has 0 amide bonds. The van der Waals surface area contributed by atoms with E-state index in [1.54, 1.807) is 26.8 Å². The van der Waals surface area contributed by atoms with E-state index in [2.05, 4.69) is 4.18 Å². The van der Waals surface area contributed by atoms with Gasteiger partial charge in [-0.3, -0.25) is 0 Å². The van der Waals surface area contributed by atoms with Gasteiger partial charge in [0.1, 0.15) is 16.7 Å². The third-order valence-corrected chi connectivity index (χ3v) is 6.89. The van der Waals surface area contributed by atoms with Crippen molar-refractivity contribution < 1.29 is 17.7 Å². The molecule has 1 aromatic rings. The Balaban J connectivity index is 0.000000234. The van der Waals surface area contributed by atoms with E-state index in [9.17, 15) is 8.42 Å². The zero-order valence-electron chi connectivity index (χ0n) is 7.96. The van der Waals surface area contributed by atoms with Gasteiger partial charge in [0.05, 0.1) is 0 Å². The smallest absolute Gasteiger partial charge is 0.156 e. The van der Waals surface area contributed by atoms with Crippen molar-refractivity contribution in [1.29, 1.82) is 0 Å². The van der Waals surface area contributed by atoms with Crippen LogP contribution in [0, 0.1) is 0 Å². The summed E-state index contributed by atoms with van der Waals surface area (Å²) in [6.07, 6.45) is 1.58. The fourth-order valence-corrected chi connectivity index (χ4v) is 2.28. The summed E-state index contributed by atoms with van der Waals surface area (Å²) in [6, 6.07) is 5.81. The van der Waals surface area contributed by atoms with Crippen molar-refractivity contribution in [3.63, 3.8) is 0 Å². The maximum atomic E-state index is 9.99. The summed E-state index contributed by atoms with van der Waals surface area (Å²) in [7, 11) is -2.64. The van der Waals surface area contributed by atoms with Crippen LogP contribution in [0.1, 0.15) is 6.42 Å². The first kappa shape index (κ1) is 12.7. The van der Waals surface area contributed by atoms with Crippen molar-refractivity contribution in [2.24, 2.45) is 0 Å². The zero-order chi connectivity index (χ0) is 11.1. The van der Waals surface area contributed by atoms with Crippen LogP contribution in [-0.4, -0.2) is 28.3 Å². The molecule has 2 rings (SSSR count). The molecule has 0 bridgehead atoms. The summed E-state index contributed by atoms with van der Waals surface area (Å²) < 4.78 is 27.5. The van der Waals surface area contributed by atoms with E-state index in [1.165, 1.54) is 12.1 Å². The molecule has 1 N–H and O–H groups in total. The number of phenols is 1. The van der Waals surface area contributed by atoms with Crippen molar-refractivity contribution >= 4 is 34.2 Å². The molecule has 1 aromatic carbocycles. The third-order valence-electron chi connectivity index (χ3n) is 1.66. The largest absolute Gasteiger partial charge is 0.530 e. The maximum absolute atomic E-state index is 9.99. The number of phenolic OH excluding ortho intramolecular Hbond substituents is 1.